The van der Waals surface area contributed by atoms with Gasteiger partial charge in [0.15, 0.2) is 0 Å². The number of nitrogens with one attached hydrogen (secondary N) is 2. The van der Waals surface area contributed by atoms with E-state index in [1.807, 2.05) is 0 Å². The normalized spacial score (nSPS) is 17.5. The fourth-order valence-corrected chi connectivity index (χ4v) is 3.58. The number of carboxylic acids is 1. The second-order valence-corrected chi connectivity index (χ2v) is 7.26. The van der Waals surface area contributed by atoms with Crippen LogP contribution in [0.3, 0.4) is 0 Å². The smallest absolute Gasteiger partial charge is 0.475 e. The Balaban J connectivity index is 0.000000406. The van der Waals surface area contributed by atoms with Gasteiger partial charge in [-0.3, -0.25) is 4.79 Å². The van der Waals surface area contributed by atoms with Gasteiger partial charge in [0.05, 0.1) is 22.9 Å². The summed E-state index contributed by atoms with van der Waals surface area (Å²) in [5.74, 6) is -5.13. The summed E-state index contributed by atoms with van der Waals surface area (Å²) in [5, 5.41) is 12.7. The Kier molecular flexibility index (Phi) is 6.73. The molecule has 0 aliphatic carbocycles. The third-order valence-electron chi connectivity index (χ3n) is 5.00. The second-order valence-electron chi connectivity index (χ2n) is 7.26. The molecule has 1 fully saturated rings. The van der Waals surface area contributed by atoms with E-state index in [0.29, 0.717) is 25.7 Å². The molecule has 2 aliphatic heterocycles. The van der Waals surface area contributed by atoms with Crippen molar-refractivity contribution in [3.8, 4) is 0 Å². The van der Waals surface area contributed by atoms with Crippen molar-refractivity contribution < 1.29 is 49.8 Å². The molecule has 6 nitrogen and oxygen atoms in total. The van der Waals surface area contributed by atoms with Crippen molar-refractivity contribution in [1.82, 2.24) is 10.2 Å². The topological polar surface area (TPSA) is 81.7 Å². The fraction of sp³-hybridized carbons (Fsp3) is 0.300. The Labute approximate surface area is 186 Å². The SMILES string of the molecule is O=C(O)C(F)(F)F.O=C1c2c(cc(Nc3ccc(F)cc3F)cc2C(F)(F)F)[C@@H]2CNCCN12. The molecule has 0 aromatic heterocycles. The summed E-state index contributed by atoms with van der Waals surface area (Å²) in [7, 11) is 0. The van der Waals surface area contributed by atoms with Gasteiger partial charge in [0, 0.05) is 31.4 Å². The van der Waals surface area contributed by atoms with E-state index in [4.69, 9.17) is 9.90 Å². The van der Waals surface area contributed by atoms with Crippen molar-refractivity contribution in [2.24, 2.45) is 0 Å². The Morgan fingerprint density at radius 3 is 2.29 bits per heavy atom. The first kappa shape index (κ1) is 25.2. The number of piperazine rings is 1. The lowest BCUT2D eigenvalue weighted by atomic mass is 9.97. The predicted molar refractivity (Wildman–Crippen MR) is 101 cm³/mol. The molecule has 1 amide bonds. The number of carbonyl (C=O) groups is 2. The average molecular weight is 497 g/mol. The van der Waals surface area contributed by atoms with Crippen molar-refractivity contribution in [2.75, 3.05) is 25.0 Å². The van der Waals surface area contributed by atoms with Crippen molar-refractivity contribution in [2.45, 2.75) is 18.4 Å². The van der Waals surface area contributed by atoms with Crippen LogP contribution in [0.25, 0.3) is 0 Å². The molecular weight excluding hydrogens is 482 g/mol. The van der Waals surface area contributed by atoms with E-state index in [0.717, 1.165) is 18.2 Å². The van der Waals surface area contributed by atoms with Crippen LogP contribution in [-0.4, -0.2) is 47.7 Å². The molecule has 0 saturated carbocycles. The quantitative estimate of drug-likeness (QED) is 0.534. The molecule has 3 N–H and O–H groups in total. The molecule has 0 unspecified atom stereocenters. The number of benzene rings is 2. The molecule has 4 rings (SSSR count). The first-order chi connectivity index (χ1) is 15.7. The molecule has 1 atom stereocenters. The van der Waals surface area contributed by atoms with Crippen LogP contribution in [0.2, 0.25) is 0 Å². The maximum atomic E-state index is 13.9. The Morgan fingerprint density at radius 2 is 1.74 bits per heavy atom. The highest BCUT2D eigenvalue weighted by Gasteiger charge is 2.45. The van der Waals surface area contributed by atoms with Gasteiger partial charge in [-0.1, -0.05) is 0 Å². The largest absolute Gasteiger partial charge is 0.490 e. The minimum absolute atomic E-state index is 0.0215. The van der Waals surface area contributed by atoms with Gasteiger partial charge < -0.3 is 20.6 Å². The third kappa shape index (κ3) is 5.21. The monoisotopic (exact) mass is 497 g/mol. The Hall–Kier alpha value is -3.42. The van der Waals surface area contributed by atoms with Crippen LogP contribution in [0.15, 0.2) is 30.3 Å². The number of halogens is 8. The highest BCUT2D eigenvalue weighted by Crippen LogP contribution is 2.44. The third-order valence-corrected chi connectivity index (χ3v) is 5.00. The lowest BCUT2D eigenvalue weighted by Crippen LogP contribution is -2.44. The molecule has 14 heteroatoms. The minimum atomic E-state index is -5.08. The zero-order valence-corrected chi connectivity index (χ0v) is 16.8. The van der Waals surface area contributed by atoms with Gasteiger partial charge in [-0.05, 0) is 29.8 Å². The number of nitrogens with zero attached hydrogens (tertiary/aromatic N) is 1. The number of hydrogen-bond acceptors (Lipinski definition) is 4. The summed E-state index contributed by atoms with van der Waals surface area (Å²) < 4.78 is 99.5. The van der Waals surface area contributed by atoms with E-state index in [1.165, 1.54) is 11.0 Å². The van der Waals surface area contributed by atoms with Crippen LogP contribution in [0.5, 0.6) is 0 Å². The summed E-state index contributed by atoms with van der Waals surface area (Å²) in [4.78, 5) is 22.8. The minimum Gasteiger partial charge on any atom is -0.475 e. The van der Waals surface area contributed by atoms with Crippen molar-refractivity contribution in [3.05, 3.63) is 58.7 Å². The maximum Gasteiger partial charge on any atom is 0.490 e. The number of amides is 1. The first-order valence-corrected chi connectivity index (χ1v) is 9.49. The van der Waals surface area contributed by atoms with Gasteiger partial charge in [-0.15, -0.1) is 0 Å². The molecule has 1 saturated heterocycles. The Bertz CT molecular complexity index is 1120. The summed E-state index contributed by atoms with van der Waals surface area (Å²) >= 11 is 0. The van der Waals surface area contributed by atoms with Gasteiger partial charge in [-0.25, -0.2) is 13.6 Å². The zero-order chi connectivity index (χ0) is 25.4. The number of alkyl halides is 6. The highest BCUT2D eigenvalue weighted by molar-refractivity contribution is 6.01. The number of hydrogen-bond donors (Lipinski definition) is 3. The molecule has 2 aromatic carbocycles. The van der Waals surface area contributed by atoms with Gasteiger partial charge in [-0.2, -0.15) is 26.3 Å². The average Bonchev–Trinajstić information content (AvgIpc) is 3.01. The van der Waals surface area contributed by atoms with Crippen LogP contribution in [0, 0.1) is 11.6 Å². The van der Waals surface area contributed by atoms with Crippen LogP contribution in [0.4, 0.5) is 46.5 Å². The number of carboxylic acid groups (broad SMARTS) is 1. The molecule has 34 heavy (non-hydrogen) atoms. The molecule has 0 spiro atoms. The Morgan fingerprint density at radius 1 is 1.09 bits per heavy atom. The summed E-state index contributed by atoms with van der Waals surface area (Å²) in [6.07, 6.45) is -9.83. The van der Waals surface area contributed by atoms with Crippen LogP contribution < -0.4 is 10.6 Å². The van der Waals surface area contributed by atoms with E-state index in [-0.39, 0.29) is 22.5 Å². The van der Waals surface area contributed by atoms with Crippen LogP contribution in [-0.2, 0) is 11.0 Å². The van der Waals surface area contributed by atoms with Gasteiger partial charge in [0.1, 0.15) is 11.6 Å². The number of carbonyl (C=O) groups excluding carboxylic acids is 1. The zero-order valence-electron chi connectivity index (χ0n) is 16.8. The summed E-state index contributed by atoms with van der Waals surface area (Å²) in [6, 6.07) is 4.43. The van der Waals surface area contributed by atoms with Gasteiger partial charge in [0.25, 0.3) is 5.91 Å². The van der Waals surface area contributed by atoms with E-state index >= 15 is 0 Å². The summed E-state index contributed by atoms with van der Waals surface area (Å²) in [5.41, 5.74) is -1.36. The van der Waals surface area contributed by atoms with Gasteiger partial charge >= 0.3 is 18.3 Å². The molecule has 184 valence electrons. The van der Waals surface area contributed by atoms with Crippen LogP contribution in [0.1, 0.15) is 27.5 Å². The van der Waals surface area contributed by atoms with Crippen molar-refractivity contribution in [3.63, 3.8) is 0 Å². The molecule has 2 heterocycles. The number of rotatable bonds is 2. The lowest BCUT2D eigenvalue weighted by Gasteiger charge is -2.30. The maximum absolute atomic E-state index is 13.9. The van der Waals surface area contributed by atoms with E-state index in [2.05, 4.69) is 10.6 Å². The first-order valence-electron chi connectivity index (χ1n) is 9.49. The highest BCUT2D eigenvalue weighted by atomic mass is 19.4. The predicted octanol–water partition coefficient (Wildman–Crippen LogP) is 4.46. The van der Waals surface area contributed by atoms with Crippen molar-refractivity contribution in [1.29, 1.82) is 0 Å². The lowest BCUT2D eigenvalue weighted by molar-refractivity contribution is -0.192. The van der Waals surface area contributed by atoms with E-state index in [9.17, 15) is 39.9 Å². The standard InChI is InChI=1S/C18H14F5N3O.C2HF3O2/c19-9-1-2-14(13(20)5-9)25-10-6-11-15-8-24-3-4-26(15)17(27)16(11)12(7-10)18(21,22)23;3-2(4,5)1(6)7/h1-2,5-7,15,24-25H,3-4,8H2;(H,6,7)/t15-;/m0./s1. The molecule has 2 aromatic rings. The molecule has 0 bridgehead atoms. The van der Waals surface area contributed by atoms with E-state index in [1.54, 1.807) is 0 Å². The number of anilines is 2. The van der Waals surface area contributed by atoms with Crippen LogP contribution >= 0.6 is 0 Å². The second kappa shape index (κ2) is 9.08. The number of fused-ring (bicyclic) bond motifs is 3. The number of aliphatic carboxylic acids is 1. The van der Waals surface area contributed by atoms with Gasteiger partial charge in [0.2, 0.25) is 0 Å². The summed E-state index contributed by atoms with van der Waals surface area (Å²) in [6.45, 7) is 1.15. The van der Waals surface area contributed by atoms with Crippen molar-refractivity contribution >= 4 is 23.3 Å². The molecular formula is C20H15F8N3O3. The molecule has 2 aliphatic rings. The molecule has 0 radical (unpaired) electrons. The fourth-order valence-electron chi connectivity index (χ4n) is 3.58. The van der Waals surface area contributed by atoms with E-state index < -0.39 is 47.5 Å².